The molecule has 4 rings (SSSR count). The van der Waals surface area contributed by atoms with Crippen LogP contribution in [0.25, 0.3) is 17.3 Å². The normalized spacial score (nSPS) is 14.0. The van der Waals surface area contributed by atoms with Gasteiger partial charge in [0.1, 0.15) is 11.4 Å². The van der Waals surface area contributed by atoms with E-state index in [0.29, 0.717) is 11.3 Å². The van der Waals surface area contributed by atoms with Crippen LogP contribution in [0, 0.1) is 10.6 Å². The van der Waals surface area contributed by atoms with Gasteiger partial charge in [-0.05, 0) is 48.6 Å². The number of halogens is 1. The third-order valence-corrected chi connectivity index (χ3v) is 4.35. The highest BCUT2D eigenvalue weighted by Crippen LogP contribution is 2.33. The molecule has 1 aliphatic rings. The van der Waals surface area contributed by atoms with E-state index < -0.39 is 11.4 Å². The molecule has 1 aromatic heterocycles. The van der Waals surface area contributed by atoms with E-state index in [-0.39, 0.29) is 16.2 Å². The van der Waals surface area contributed by atoms with Gasteiger partial charge in [-0.25, -0.2) is 4.39 Å². The smallest absolute Gasteiger partial charge is 0.262 e. The third-order valence-electron chi connectivity index (χ3n) is 4.06. The summed E-state index contributed by atoms with van der Waals surface area (Å²) in [6.07, 6.45) is 3.19. The predicted octanol–water partition coefficient (Wildman–Crippen LogP) is 4.00. The van der Waals surface area contributed by atoms with Crippen LogP contribution in [0.15, 0.2) is 58.3 Å². The van der Waals surface area contributed by atoms with Crippen LogP contribution in [0.3, 0.4) is 0 Å². The van der Waals surface area contributed by atoms with Crippen LogP contribution in [0.1, 0.15) is 11.1 Å². The average molecular weight is 365 g/mol. The van der Waals surface area contributed by atoms with Crippen LogP contribution in [0.5, 0.6) is 5.88 Å². The van der Waals surface area contributed by atoms with E-state index in [1.807, 2.05) is 24.3 Å². The lowest BCUT2D eigenvalue weighted by Crippen LogP contribution is -2.16. The van der Waals surface area contributed by atoms with Gasteiger partial charge in [-0.15, -0.1) is 0 Å². The molecule has 0 spiro atoms. The quantitative estimate of drug-likeness (QED) is 0.675. The summed E-state index contributed by atoms with van der Waals surface area (Å²) in [7, 11) is 0. The number of aromatic nitrogens is 2. The Labute approximate surface area is 152 Å². The number of aliphatic imine (C=N–C) groups is 1. The summed E-state index contributed by atoms with van der Waals surface area (Å²) in [4.78, 5) is 19.2. The largest absolute Gasteiger partial charge is 0.494 e. The molecular weight excluding hydrogens is 353 g/mol. The highest BCUT2D eigenvalue weighted by molar-refractivity contribution is 7.71. The molecule has 0 atom stereocenters. The Kier molecular flexibility index (Phi) is 3.85. The minimum absolute atomic E-state index is 0.0155. The van der Waals surface area contributed by atoms with Crippen molar-refractivity contribution in [1.82, 2.24) is 9.55 Å². The van der Waals surface area contributed by atoms with Crippen molar-refractivity contribution in [2.75, 3.05) is 0 Å². The van der Waals surface area contributed by atoms with E-state index in [0.717, 1.165) is 11.3 Å². The summed E-state index contributed by atoms with van der Waals surface area (Å²) < 4.78 is 14.5. The Balaban J connectivity index is 1.91. The standard InChI is InChI=1S/C19H12FN3O2S/c20-12-5-7-13(8-6-12)23-18(25)15(17(24)22-19(23)26)9-11-10-21-16-4-2-1-3-14(11)16/h1-10,25H,(H,22,24,26)/b11-9+. The van der Waals surface area contributed by atoms with Crippen molar-refractivity contribution in [2.24, 2.45) is 4.99 Å². The SMILES string of the molecule is O=c1[nH]c(=S)n(-c2ccc(F)cc2)c(O)c1/C=C1\C=Nc2ccccc21. The van der Waals surface area contributed by atoms with Gasteiger partial charge in [-0.3, -0.25) is 19.3 Å². The van der Waals surface area contributed by atoms with Gasteiger partial charge in [-0.2, -0.15) is 0 Å². The maximum atomic E-state index is 13.2. The first-order valence-corrected chi connectivity index (χ1v) is 8.15. The molecule has 0 saturated carbocycles. The molecule has 0 radical (unpaired) electrons. The summed E-state index contributed by atoms with van der Waals surface area (Å²) in [5, 5.41) is 10.7. The van der Waals surface area contributed by atoms with Crippen molar-refractivity contribution in [3.8, 4) is 11.6 Å². The lowest BCUT2D eigenvalue weighted by molar-refractivity contribution is 0.432. The van der Waals surface area contributed by atoms with Gasteiger partial charge in [0.25, 0.3) is 5.56 Å². The molecule has 2 heterocycles. The second kappa shape index (κ2) is 6.20. The minimum atomic E-state index is -0.517. The maximum absolute atomic E-state index is 13.2. The summed E-state index contributed by atoms with van der Waals surface area (Å²) in [5.74, 6) is -0.735. The van der Waals surface area contributed by atoms with Gasteiger partial charge < -0.3 is 5.11 Å². The number of benzene rings is 2. The number of fused-ring (bicyclic) bond motifs is 1. The van der Waals surface area contributed by atoms with E-state index in [9.17, 15) is 14.3 Å². The van der Waals surface area contributed by atoms with Crippen LogP contribution >= 0.6 is 12.2 Å². The van der Waals surface area contributed by atoms with Crippen molar-refractivity contribution in [2.45, 2.75) is 0 Å². The van der Waals surface area contributed by atoms with Crippen molar-refractivity contribution in [1.29, 1.82) is 0 Å². The summed E-state index contributed by atoms with van der Waals surface area (Å²) in [5.41, 5.74) is 2.31. The molecule has 0 fully saturated rings. The molecular formula is C19H12FN3O2S. The lowest BCUT2D eigenvalue weighted by atomic mass is 10.1. The molecule has 0 unspecified atom stereocenters. The van der Waals surface area contributed by atoms with Crippen LogP contribution < -0.4 is 5.56 Å². The third kappa shape index (κ3) is 2.68. The van der Waals surface area contributed by atoms with E-state index in [4.69, 9.17) is 12.2 Å². The second-order valence-electron chi connectivity index (χ2n) is 5.68. The topological polar surface area (TPSA) is 70.4 Å². The van der Waals surface area contributed by atoms with E-state index in [1.165, 1.54) is 28.8 Å². The first-order valence-electron chi connectivity index (χ1n) is 7.74. The van der Waals surface area contributed by atoms with Gasteiger partial charge in [-0.1, -0.05) is 18.2 Å². The first-order chi connectivity index (χ1) is 12.5. The molecule has 1 aliphatic heterocycles. The first kappa shape index (κ1) is 16.2. The van der Waals surface area contributed by atoms with E-state index in [1.54, 1.807) is 12.3 Å². The van der Waals surface area contributed by atoms with E-state index in [2.05, 4.69) is 9.98 Å². The number of hydrogen-bond acceptors (Lipinski definition) is 4. The van der Waals surface area contributed by atoms with Crippen LogP contribution in [-0.2, 0) is 0 Å². The number of nitrogens with one attached hydrogen (secondary N) is 1. The fourth-order valence-corrected chi connectivity index (χ4v) is 3.09. The number of allylic oxidation sites excluding steroid dienone is 1. The number of hydrogen-bond donors (Lipinski definition) is 2. The van der Waals surface area contributed by atoms with Crippen molar-refractivity contribution < 1.29 is 9.50 Å². The molecule has 0 bridgehead atoms. The molecule has 7 heteroatoms. The Morgan fingerprint density at radius 1 is 1.15 bits per heavy atom. The highest BCUT2D eigenvalue weighted by atomic mass is 32.1. The summed E-state index contributed by atoms with van der Waals surface area (Å²) in [6, 6.07) is 12.9. The summed E-state index contributed by atoms with van der Waals surface area (Å²) >= 11 is 5.15. The van der Waals surface area contributed by atoms with Gasteiger partial charge >= 0.3 is 0 Å². The van der Waals surface area contributed by atoms with Crippen LogP contribution in [0.4, 0.5) is 10.1 Å². The molecule has 128 valence electrons. The second-order valence-corrected chi connectivity index (χ2v) is 6.07. The highest BCUT2D eigenvalue weighted by Gasteiger charge is 2.16. The van der Waals surface area contributed by atoms with Crippen molar-refractivity contribution >= 4 is 35.8 Å². The molecule has 0 aliphatic carbocycles. The number of nitrogens with zero attached hydrogens (tertiary/aromatic N) is 2. The Bertz CT molecular complexity index is 1190. The number of rotatable bonds is 2. The molecule has 0 saturated heterocycles. The molecule has 0 amide bonds. The Morgan fingerprint density at radius 3 is 2.65 bits per heavy atom. The van der Waals surface area contributed by atoms with Gasteiger partial charge in [0, 0.05) is 17.4 Å². The van der Waals surface area contributed by atoms with Gasteiger partial charge in [0.2, 0.25) is 5.88 Å². The predicted molar refractivity (Wildman–Crippen MR) is 101 cm³/mol. The average Bonchev–Trinajstić information content (AvgIpc) is 3.03. The zero-order chi connectivity index (χ0) is 18.3. The fourth-order valence-electron chi connectivity index (χ4n) is 2.81. The number of aromatic amines is 1. The molecule has 2 N–H and O–H groups in total. The Hall–Kier alpha value is -3.32. The monoisotopic (exact) mass is 365 g/mol. The van der Waals surface area contributed by atoms with Gasteiger partial charge in [0.05, 0.1) is 11.4 Å². The summed E-state index contributed by atoms with van der Waals surface area (Å²) in [6.45, 7) is 0. The lowest BCUT2D eigenvalue weighted by Gasteiger charge is -2.11. The van der Waals surface area contributed by atoms with Gasteiger partial charge in [0.15, 0.2) is 4.77 Å². The molecule has 3 aromatic rings. The molecule has 2 aromatic carbocycles. The zero-order valence-corrected chi connectivity index (χ0v) is 14.1. The number of H-pyrrole nitrogens is 1. The maximum Gasteiger partial charge on any atom is 0.262 e. The molecule has 5 nitrogen and oxygen atoms in total. The Morgan fingerprint density at radius 2 is 1.88 bits per heavy atom. The zero-order valence-electron chi connectivity index (χ0n) is 13.3. The minimum Gasteiger partial charge on any atom is -0.494 e. The fraction of sp³-hybridized carbons (Fsp3) is 0. The van der Waals surface area contributed by atoms with Crippen LogP contribution in [-0.4, -0.2) is 20.9 Å². The van der Waals surface area contributed by atoms with Crippen molar-refractivity contribution in [3.63, 3.8) is 0 Å². The molecule has 26 heavy (non-hydrogen) atoms. The van der Waals surface area contributed by atoms with Crippen molar-refractivity contribution in [3.05, 3.63) is 80.6 Å². The number of para-hydroxylation sites is 1. The van der Waals surface area contributed by atoms with Crippen LogP contribution in [0.2, 0.25) is 0 Å². The number of aromatic hydroxyl groups is 1. The van der Waals surface area contributed by atoms with E-state index >= 15 is 0 Å².